The Balaban J connectivity index is 1.43. The molecule has 1 saturated heterocycles. The Kier molecular flexibility index (Phi) is 8.20. The highest BCUT2D eigenvalue weighted by Gasteiger charge is 2.26. The largest absolute Gasteiger partial charge is 0.379 e. The van der Waals surface area contributed by atoms with E-state index in [-0.39, 0.29) is 17.3 Å². The maximum Gasteiger partial charge on any atom is 0.255 e. The zero-order valence-corrected chi connectivity index (χ0v) is 22.4. The smallest absolute Gasteiger partial charge is 0.255 e. The molecule has 1 N–H and O–H groups in total. The molecule has 9 nitrogen and oxygen atoms in total. The molecule has 37 heavy (non-hydrogen) atoms. The molecule has 3 aromatic rings. The van der Waals surface area contributed by atoms with Crippen LogP contribution in [0.4, 0.5) is 11.4 Å². The molecule has 0 atom stereocenters. The molecule has 0 saturated carbocycles. The Morgan fingerprint density at radius 1 is 0.973 bits per heavy atom. The van der Waals surface area contributed by atoms with Crippen molar-refractivity contribution in [2.24, 2.45) is 0 Å². The Morgan fingerprint density at radius 3 is 2.22 bits per heavy atom. The molecule has 12 heteroatoms. The van der Waals surface area contributed by atoms with Crippen molar-refractivity contribution in [2.75, 3.05) is 42.2 Å². The van der Waals surface area contributed by atoms with Crippen molar-refractivity contribution in [3.8, 4) is 0 Å². The number of sulfonamides is 2. The van der Waals surface area contributed by atoms with Crippen LogP contribution in [0.15, 0.2) is 77.7 Å². The number of nitrogens with one attached hydrogen (secondary N) is 1. The number of hydrogen-bond acceptors (Lipinski definition) is 6. The normalized spacial score (nSPS) is 14.8. The van der Waals surface area contributed by atoms with Gasteiger partial charge in [0.2, 0.25) is 20.0 Å². The third-order valence-electron chi connectivity index (χ3n) is 5.76. The van der Waals surface area contributed by atoms with Gasteiger partial charge in [0.25, 0.3) is 5.91 Å². The van der Waals surface area contributed by atoms with Crippen LogP contribution in [0.5, 0.6) is 0 Å². The Morgan fingerprint density at radius 2 is 1.62 bits per heavy atom. The number of amides is 1. The third-order valence-corrected chi connectivity index (χ3v) is 9.05. The number of carbonyl (C=O) groups is 1. The monoisotopic (exact) mass is 563 g/mol. The third kappa shape index (κ3) is 6.68. The summed E-state index contributed by atoms with van der Waals surface area (Å²) in [6.07, 6.45) is 1.12. The van der Waals surface area contributed by atoms with Gasteiger partial charge < -0.3 is 10.1 Å². The van der Waals surface area contributed by atoms with Gasteiger partial charge in [-0.25, -0.2) is 16.8 Å². The number of hydrogen-bond donors (Lipinski definition) is 1. The highest BCUT2D eigenvalue weighted by Crippen LogP contribution is 2.24. The molecule has 0 spiro atoms. The second-order valence-corrected chi connectivity index (χ2v) is 12.7. The summed E-state index contributed by atoms with van der Waals surface area (Å²) in [7, 11) is -7.20. The zero-order valence-electron chi connectivity index (χ0n) is 20.0. The molecule has 0 radical (unpaired) electrons. The van der Waals surface area contributed by atoms with Crippen molar-refractivity contribution in [3.05, 3.63) is 88.9 Å². The van der Waals surface area contributed by atoms with Crippen molar-refractivity contribution in [1.29, 1.82) is 0 Å². The Bertz CT molecular complexity index is 1470. The first-order chi connectivity index (χ1) is 17.5. The molecule has 3 aromatic carbocycles. The molecule has 196 valence electrons. The first-order valence-corrected chi connectivity index (χ1v) is 15.0. The van der Waals surface area contributed by atoms with Crippen LogP contribution in [0, 0.1) is 0 Å². The number of carbonyl (C=O) groups excluding carboxylic acids is 1. The predicted molar refractivity (Wildman–Crippen MR) is 143 cm³/mol. The average molecular weight is 564 g/mol. The van der Waals surface area contributed by atoms with Crippen molar-refractivity contribution < 1.29 is 26.4 Å². The molecule has 0 aliphatic carbocycles. The van der Waals surface area contributed by atoms with E-state index in [0.29, 0.717) is 53.8 Å². The van der Waals surface area contributed by atoms with Crippen LogP contribution >= 0.6 is 11.6 Å². The summed E-state index contributed by atoms with van der Waals surface area (Å²) in [5.74, 6) is -0.384. The Hall–Kier alpha value is -2.96. The summed E-state index contributed by atoms with van der Waals surface area (Å²) in [6, 6.07) is 19.1. The topological polar surface area (TPSA) is 113 Å². The zero-order chi connectivity index (χ0) is 26.6. The van der Waals surface area contributed by atoms with Gasteiger partial charge in [0, 0.05) is 29.4 Å². The van der Waals surface area contributed by atoms with Gasteiger partial charge in [-0.2, -0.15) is 4.31 Å². The van der Waals surface area contributed by atoms with Crippen molar-refractivity contribution in [3.63, 3.8) is 0 Å². The minimum absolute atomic E-state index is 0.0696. The number of anilines is 2. The number of benzene rings is 3. The summed E-state index contributed by atoms with van der Waals surface area (Å²) in [5.41, 5.74) is 1.93. The average Bonchev–Trinajstić information content (AvgIpc) is 2.88. The van der Waals surface area contributed by atoms with Gasteiger partial charge in [-0.1, -0.05) is 29.8 Å². The molecule has 1 amide bonds. The maximum absolute atomic E-state index is 12.8. The van der Waals surface area contributed by atoms with Crippen LogP contribution < -0.4 is 9.62 Å². The second kappa shape index (κ2) is 11.2. The van der Waals surface area contributed by atoms with Gasteiger partial charge in [-0.3, -0.25) is 9.10 Å². The molecular formula is C25H26ClN3O6S2. The highest BCUT2D eigenvalue weighted by atomic mass is 35.5. The fourth-order valence-corrected chi connectivity index (χ4v) is 6.28. The first-order valence-electron chi connectivity index (χ1n) is 11.4. The van der Waals surface area contributed by atoms with Crippen LogP contribution in [-0.4, -0.2) is 59.6 Å². The number of halogens is 1. The van der Waals surface area contributed by atoms with Gasteiger partial charge in [0.05, 0.1) is 36.6 Å². The summed E-state index contributed by atoms with van der Waals surface area (Å²) >= 11 is 6.03. The molecule has 1 aliphatic heterocycles. The lowest BCUT2D eigenvalue weighted by Crippen LogP contribution is -2.40. The standard InChI is InChI=1S/C25H26ClN3O6S2/c1-36(31,32)29(23-4-2-3-21(26)17-23)18-19-5-7-20(8-6-19)25(30)27-22-9-11-24(12-10-22)37(33,34)28-13-15-35-16-14-28/h2-12,17H,13-16,18H2,1H3,(H,27,30). The second-order valence-electron chi connectivity index (χ2n) is 8.44. The van der Waals surface area contributed by atoms with Crippen molar-refractivity contribution in [2.45, 2.75) is 11.4 Å². The van der Waals surface area contributed by atoms with Crippen LogP contribution in [0.2, 0.25) is 5.02 Å². The van der Waals surface area contributed by atoms with Crippen LogP contribution in [-0.2, 0) is 31.3 Å². The van der Waals surface area contributed by atoms with E-state index in [1.54, 1.807) is 48.5 Å². The van der Waals surface area contributed by atoms with Crippen molar-refractivity contribution in [1.82, 2.24) is 4.31 Å². The highest BCUT2D eigenvalue weighted by molar-refractivity contribution is 7.92. The number of nitrogens with zero attached hydrogens (tertiary/aromatic N) is 2. The number of rotatable bonds is 8. The lowest BCUT2D eigenvalue weighted by atomic mass is 10.1. The molecule has 0 unspecified atom stereocenters. The summed E-state index contributed by atoms with van der Waals surface area (Å²) < 4.78 is 58.1. The molecule has 1 fully saturated rings. The summed E-state index contributed by atoms with van der Waals surface area (Å²) in [6.45, 7) is 1.40. The molecular weight excluding hydrogens is 538 g/mol. The fourth-order valence-electron chi connectivity index (χ4n) is 3.81. The van der Waals surface area contributed by atoms with E-state index in [0.717, 1.165) is 6.26 Å². The fraction of sp³-hybridized carbons (Fsp3) is 0.240. The summed E-state index contributed by atoms with van der Waals surface area (Å²) in [4.78, 5) is 12.9. The first kappa shape index (κ1) is 27.1. The summed E-state index contributed by atoms with van der Waals surface area (Å²) in [5, 5.41) is 3.17. The Labute approximate surface area is 221 Å². The van der Waals surface area contributed by atoms with Gasteiger partial charge in [0.1, 0.15) is 0 Å². The van der Waals surface area contributed by atoms with E-state index < -0.39 is 20.0 Å². The van der Waals surface area contributed by atoms with Crippen LogP contribution in [0.25, 0.3) is 0 Å². The van der Waals surface area contributed by atoms with Gasteiger partial charge in [-0.15, -0.1) is 0 Å². The SMILES string of the molecule is CS(=O)(=O)N(Cc1ccc(C(=O)Nc2ccc(S(=O)(=O)N3CCOCC3)cc2)cc1)c1cccc(Cl)c1. The lowest BCUT2D eigenvalue weighted by molar-refractivity contribution is 0.0730. The van der Waals surface area contributed by atoms with E-state index >= 15 is 0 Å². The van der Waals surface area contributed by atoms with E-state index in [9.17, 15) is 21.6 Å². The lowest BCUT2D eigenvalue weighted by Gasteiger charge is -2.26. The number of ether oxygens (including phenoxy) is 1. The molecule has 0 aromatic heterocycles. The van der Waals surface area contributed by atoms with Gasteiger partial charge >= 0.3 is 0 Å². The minimum atomic E-state index is -3.62. The van der Waals surface area contributed by atoms with Gasteiger partial charge in [0.15, 0.2) is 0 Å². The van der Waals surface area contributed by atoms with Crippen LogP contribution in [0.3, 0.4) is 0 Å². The predicted octanol–water partition coefficient (Wildman–Crippen LogP) is 3.58. The molecule has 0 bridgehead atoms. The van der Waals surface area contributed by atoms with E-state index in [1.807, 2.05) is 0 Å². The van der Waals surface area contributed by atoms with Crippen molar-refractivity contribution >= 4 is 48.9 Å². The minimum Gasteiger partial charge on any atom is -0.379 e. The maximum atomic E-state index is 12.8. The van der Waals surface area contributed by atoms with E-state index in [4.69, 9.17) is 16.3 Å². The molecule has 4 rings (SSSR count). The van der Waals surface area contributed by atoms with E-state index in [2.05, 4.69) is 5.32 Å². The van der Waals surface area contributed by atoms with Gasteiger partial charge in [-0.05, 0) is 60.2 Å². The molecule has 1 aliphatic rings. The quantitative estimate of drug-likeness (QED) is 0.448. The number of morpholine rings is 1. The molecule has 1 heterocycles. The van der Waals surface area contributed by atoms with E-state index in [1.165, 1.54) is 32.9 Å². The van der Waals surface area contributed by atoms with Crippen LogP contribution in [0.1, 0.15) is 15.9 Å².